The Morgan fingerprint density at radius 1 is 1.04 bits per heavy atom. The van der Waals surface area contributed by atoms with Crippen LogP contribution in [0, 0.1) is 3.95 Å². The summed E-state index contributed by atoms with van der Waals surface area (Å²) in [5.74, 6) is 0.949. The number of rotatable bonds is 6. The van der Waals surface area contributed by atoms with Gasteiger partial charge in [-0.2, -0.15) is 0 Å². The number of hydrogen-bond donors (Lipinski definition) is 1. The van der Waals surface area contributed by atoms with Gasteiger partial charge >= 0.3 is 0 Å². The first-order valence-corrected chi connectivity index (χ1v) is 9.43. The second kappa shape index (κ2) is 9.12. The molecule has 0 saturated heterocycles. The fraction of sp³-hybridized carbons (Fsp3) is 0.0476. The Morgan fingerprint density at radius 2 is 1.78 bits per heavy atom. The van der Waals surface area contributed by atoms with Gasteiger partial charge < -0.3 is 9.84 Å². The van der Waals surface area contributed by atoms with Crippen LogP contribution in [0.15, 0.2) is 77.8 Å². The van der Waals surface area contributed by atoms with E-state index >= 15 is 0 Å². The topological polar surface area (TPSA) is 46.8 Å². The molecule has 0 spiro atoms. The van der Waals surface area contributed by atoms with Crippen LogP contribution in [0.3, 0.4) is 0 Å². The second-order valence-electron chi connectivity index (χ2n) is 5.45. The molecule has 136 valence electrons. The zero-order valence-corrected chi connectivity index (χ0v) is 16.3. The second-order valence-corrected chi connectivity index (χ2v) is 7.12. The Hall–Kier alpha value is -2.96. The maximum absolute atomic E-state index is 10.5. The normalized spacial score (nSPS) is 11.7. The zero-order chi connectivity index (χ0) is 19.1. The molecule has 2 aromatic carbocycles. The molecule has 3 aromatic rings. The number of thiazole rings is 1. The van der Waals surface area contributed by atoms with Crippen molar-refractivity contribution >= 4 is 41.5 Å². The highest BCUT2D eigenvalue weighted by Crippen LogP contribution is 2.30. The molecule has 1 heterocycles. The van der Waals surface area contributed by atoms with E-state index in [1.54, 1.807) is 17.9 Å². The molecule has 0 fully saturated rings. The average molecular weight is 395 g/mol. The lowest BCUT2D eigenvalue weighted by Gasteiger charge is -2.03. The van der Waals surface area contributed by atoms with Crippen LogP contribution in [0.4, 0.5) is 5.69 Å². The molecule has 27 heavy (non-hydrogen) atoms. The van der Waals surface area contributed by atoms with E-state index in [9.17, 15) is 5.11 Å². The Morgan fingerprint density at radius 3 is 2.48 bits per heavy atom. The molecule has 0 aliphatic carbocycles. The molecule has 0 aliphatic heterocycles. The molecule has 3 rings (SSSR count). The smallest absolute Gasteiger partial charge is 0.215 e. The van der Waals surface area contributed by atoms with Crippen LogP contribution in [-0.2, 0) is 0 Å². The Balaban J connectivity index is 1.67. The van der Waals surface area contributed by atoms with E-state index in [-0.39, 0.29) is 5.88 Å². The molecule has 0 atom stereocenters. The summed E-state index contributed by atoms with van der Waals surface area (Å²) in [5, 5.41) is 10.5. The fourth-order valence-corrected chi connectivity index (χ4v) is 3.61. The van der Waals surface area contributed by atoms with Crippen molar-refractivity contribution in [2.75, 3.05) is 7.11 Å². The molecule has 6 heteroatoms. The first-order chi connectivity index (χ1) is 13.2. The van der Waals surface area contributed by atoms with E-state index in [2.05, 4.69) is 4.99 Å². The minimum absolute atomic E-state index is 0.146. The number of aliphatic imine (C=N–C) groups is 1. The Labute approximate surface area is 167 Å². The fourth-order valence-electron chi connectivity index (χ4n) is 2.35. The molecule has 0 aliphatic rings. The van der Waals surface area contributed by atoms with E-state index < -0.39 is 0 Å². The van der Waals surface area contributed by atoms with E-state index in [1.807, 2.05) is 78.9 Å². The van der Waals surface area contributed by atoms with Crippen molar-refractivity contribution < 1.29 is 9.84 Å². The Bertz CT molecular complexity index is 1030. The highest BCUT2D eigenvalue weighted by molar-refractivity contribution is 7.73. The van der Waals surface area contributed by atoms with Crippen molar-refractivity contribution in [2.45, 2.75) is 0 Å². The minimum Gasteiger partial charge on any atom is -0.497 e. The zero-order valence-electron chi connectivity index (χ0n) is 14.6. The van der Waals surface area contributed by atoms with Gasteiger partial charge in [0.1, 0.15) is 5.75 Å². The largest absolute Gasteiger partial charge is 0.497 e. The molecule has 4 nitrogen and oxygen atoms in total. The van der Waals surface area contributed by atoms with Gasteiger partial charge in [0.2, 0.25) is 5.88 Å². The highest BCUT2D eigenvalue weighted by Gasteiger charge is 2.10. The van der Waals surface area contributed by atoms with Crippen LogP contribution >= 0.6 is 23.6 Å². The Kier molecular flexibility index (Phi) is 6.35. The van der Waals surface area contributed by atoms with E-state index in [4.69, 9.17) is 17.0 Å². The number of ether oxygens (including phenoxy) is 1. The SMILES string of the molecule is COc1ccc(N=C/C=C/C=C/c2sc(=S)n(-c3ccccc3)c2O)cc1. The van der Waals surface area contributed by atoms with Gasteiger partial charge in [-0.3, -0.25) is 9.56 Å². The predicted octanol–water partition coefficient (Wildman–Crippen LogP) is 5.95. The van der Waals surface area contributed by atoms with E-state index in [0.717, 1.165) is 17.1 Å². The molecule has 0 bridgehead atoms. The summed E-state index contributed by atoms with van der Waals surface area (Å²) in [6.07, 6.45) is 9.05. The first-order valence-electron chi connectivity index (χ1n) is 8.21. The predicted molar refractivity (Wildman–Crippen MR) is 115 cm³/mol. The summed E-state index contributed by atoms with van der Waals surface area (Å²) in [6, 6.07) is 17.1. The minimum atomic E-state index is 0.146. The van der Waals surface area contributed by atoms with Crippen molar-refractivity contribution in [1.82, 2.24) is 4.57 Å². The van der Waals surface area contributed by atoms with Crippen LogP contribution < -0.4 is 4.74 Å². The molecule has 1 aromatic heterocycles. The maximum atomic E-state index is 10.5. The lowest BCUT2D eigenvalue weighted by Crippen LogP contribution is -1.91. The van der Waals surface area contributed by atoms with Crippen LogP contribution in [0.2, 0.25) is 0 Å². The van der Waals surface area contributed by atoms with Gasteiger partial charge in [0.05, 0.1) is 23.4 Å². The van der Waals surface area contributed by atoms with Crippen molar-refractivity contribution in [3.63, 3.8) is 0 Å². The maximum Gasteiger partial charge on any atom is 0.215 e. The standard InChI is InChI=1S/C21H18N2O2S2/c1-25-18-13-11-16(12-14-18)22-15-7-3-6-10-19-20(24)23(21(26)27-19)17-8-4-2-5-9-17/h2-15,24H,1H3/b7-3+,10-6+,22-15?. The van der Waals surface area contributed by atoms with Crippen molar-refractivity contribution in [2.24, 2.45) is 4.99 Å². The molecule has 0 unspecified atom stereocenters. The monoisotopic (exact) mass is 394 g/mol. The molecule has 1 N–H and O–H groups in total. The number of para-hydroxylation sites is 1. The lowest BCUT2D eigenvalue weighted by molar-refractivity contribution is 0.415. The number of aromatic nitrogens is 1. The number of hydrogen-bond acceptors (Lipinski definition) is 5. The van der Waals surface area contributed by atoms with Crippen molar-refractivity contribution in [3.05, 3.63) is 81.7 Å². The molecular weight excluding hydrogens is 376 g/mol. The number of allylic oxidation sites excluding steroid dienone is 3. The summed E-state index contributed by atoms with van der Waals surface area (Å²) in [6.45, 7) is 0. The third-order valence-corrected chi connectivity index (χ3v) is 5.01. The lowest BCUT2D eigenvalue weighted by atomic mass is 10.3. The van der Waals surface area contributed by atoms with Gasteiger partial charge in [0, 0.05) is 6.21 Å². The number of aromatic hydroxyl groups is 1. The average Bonchev–Trinajstić information content (AvgIpc) is 2.99. The highest BCUT2D eigenvalue weighted by atomic mass is 32.1. The van der Waals surface area contributed by atoms with Gasteiger partial charge in [-0.15, -0.1) is 11.3 Å². The van der Waals surface area contributed by atoms with Crippen LogP contribution in [0.25, 0.3) is 11.8 Å². The molecule has 0 radical (unpaired) electrons. The van der Waals surface area contributed by atoms with Gasteiger partial charge in [-0.1, -0.05) is 30.4 Å². The first kappa shape index (κ1) is 18.8. The number of methoxy groups -OCH3 is 1. The summed E-state index contributed by atoms with van der Waals surface area (Å²) in [5.41, 5.74) is 1.69. The summed E-state index contributed by atoms with van der Waals surface area (Å²) in [7, 11) is 1.63. The molecule has 0 amide bonds. The number of benzene rings is 2. The van der Waals surface area contributed by atoms with E-state index in [0.29, 0.717) is 8.83 Å². The van der Waals surface area contributed by atoms with E-state index in [1.165, 1.54) is 11.3 Å². The van der Waals surface area contributed by atoms with Gasteiger partial charge in [-0.05, 0) is 60.8 Å². The summed E-state index contributed by atoms with van der Waals surface area (Å²) in [4.78, 5) is 5.04. The van der Waals surface area contributed by atoms with Gasteiger partial charge in [-0.25, -0.2) is 0 Å². The van der Waals surface area contributed by atoms with Crippen LogP contribution in [0.5, 0.6) is 11.6 Å². The van der Waals surface area contributed by atoms with Crippen molar-refractivity contribution in [3.8, 4) is 17.3 Å². The third-order valence-electron chi connectivity index (χ3n) is 3.68. The quantitative estimate of drug-likeness (QED) is 0.319. The third kappa shape index (κ3) is 4.81. The summed E-state index contributed by atoms with van der Waals surface area (Å²) >= 11 is 6.74. The molecular formula is C21H18N2O2S2. The van der Waals surface area contributed by atoms with Crippen LogP contribution in [-0.4, -0.2) is 23.0 Å². The summed E-state index contributed by atoms with van der Waals surface area (Å²) < 4.78 is 7.37. The van der Waals surface area contributed by atoms with Gasteiger partial charge in [0.15, 0.2) is 3.95 Å². The van der Waals surface area contributed by atoms with Gasteiger partial charge in [0.25, 0.3) is 0 Å². The number of nitrogens with zero attached hydrogens (tertiary/aromatic N) is 2. The van der Waals surface area contributed by atoms with Crippen LogP contribution in [0.1, 0.15) is 4.88 Å². The molecule has 0 saturated carbocycles. The van der Waals surface area contributed by atoms with Crippen molar-refractivity contribution in [1.29, 1.82) is 0 Å².